The molecular formula is C27H26N2O4. The van der Waals surface area contributed by atoms with Crippen LogP contribution in [0.2, 0.25) is 0 Å². The van der Waals surface area contributed by atoms with Crippen molar-refractivity contribution in [2.45, 2.75) is 32.2 Å². The monoisotopic (exact) mass is 442 g/mol. The molecule has 33 heavy (non-hydrogen) atoms. The van der Waals surface area contributed by atoms with Gasteiger partial charge in [-0.3, -0.25) is 14.5 Å². The molecular weight excluding hydrogens is 416 g/mol. The summed E-state index contributed by atoms with van der Waals surface area (Å²) in [6.07, 6.45) is 6.30. The number of benzene rings is 2. The molecule has 0 saturated carbocycles. The van der Waals surface area contributed by atoms with Gasteiger partial charge < -0.3 is 10.0 Å². The summed E-state index contributed by atoms with van der Waals surface area (Å²) < 4.78 is 0. The molecule has 2 aromatic rings. The molecule has 2 heterocycles. The third-order valence-corrected chi connectivity index (χ3v) is 6.87. The third-order valence-electron chi connectivity index (χ3n) is 6.87. The van der Waals surface area contributed by atoms with Crippen molar-refractivity contribution >= 4 is 35.5 Å². The van der Waals surface area contributed by atoms with E-state index in [1.807, 2.05) is 24.3 Å². The molecule has 3 aliphatic rings. The lowest BCUT2D eigenvalue weighted by atomic mass is 9.84. The first-order valence-corrected chi connectivity index (χ1v) is 11.3. The second-order valence-corrected chi connectivity index (χ2v) is 8.98. The van der Waals surface area contributed by atoms with Gasteiger partial charge >= 0.3 is 5.97 Å². The minimum atomic E-state index is -1.02. The Kier molecular flexibility index (Phi) is 5.46. The standard InChI is InChI=1S/C27H26N2O4/c1-28-12-10-18(11-13-28)26-22-5-3-2-4-17(22)6-7-21-20(14-19(27(32)33)15-23(21)26)16-29-24(30)8-9-25(29)31/h2-7,14-15H,8-13,16H2,1H3,(H,32,33). The Balaban J connectivity index is 1.74. The average Bonchev–Trinajstić information content (AvgIpc) is 3.02. The molecule has 0 radical (unpaired) electrons. The first-order valence-electron chi connectivity index (χ1n) is 11.3. The van der Waals surface area contributed by atoms with Gasteiger partial charge in [-0.1, -0.05) is 42.0 Å². The quantitative estimate of drug-likeness (QED) is 0.620. The number of fused-ring (bicyclic) bond motifs is 2. The summed E-state index contributed by atoms with van der Waals surface area (Å²) in [6.45, 7) is 1.99. The van der Waals surface area contributed by atoms with Gasteiger partial charge in [-0.2, -0.15) is 0 Å². The van der Waals surface area contributed by atoms with Gasteiger partial charge in [-0.05, 0) is 65.4 Å². The number of nitrogens with zero attached hydrogens (tertiary/aromatic N) is 2. The van der Waals surface area contributed by atoms with Gasteiger partial charge in [-0.25, -0.2) is 4.79 Å². The SMILES string of the molecule is CN1CCC(=C2c3ccccc3C=Cc3c(CN4C(=O)CCC4=O)cc(C(=O)O)cc32)CC1. The zero-order valence-electron chi connectivity index (χ0n) is 18.6. The first-order chi connectivity index (χ1) is 15.9. The van der Waals surface area contributed by atoms with Gasteiger partial charge in [0.2, 0.25) is 11.8 Å². The van der Waals surface area contributed by atoms with Crippen molar-refractivity contribution in [3.8, 4) is 0 Å². The summed E-state index contributed by atoms with van der Waals surface area (Å²) in [5.74, 6) is -1.43. The van der Waals surface area contributed by atoms with Crippen molar-refractivity contribution in [2.24, 2.45) is 0 Å². The van der Waals surface area contributed by atoms with Crippen molar-refractivity contribution in [3.63, 3.8) is 0 Å². The number of likely N-dealkylation sites (tertiary alicyclic amines) is 2. The van der Waals surface area contributed by atoms with Crippen molar-refractivity contribution in [2.75, 3.05) is 20.1 Å². The van der Waals surface area contributed by atoms with E-state index in [1.54, 1.807) is 12.1 Å². The molecule has 5 rings (SSSR count). The topological polar surface area (TPSA) is 77.9 Å². The van der Waals surface area contributed by atoms with E-state index in [9.17, 15) is 19.5 Å². The maximum atomic E-state index is 12.3. The number of carbonyl (C=O) groups excluding carboxylic acids is 2. The lowest BCUT2D eigenvalue weighted by molar-refractivity contribution is -0.139. The highest BCUT2D eigenvalue weighted by atomic mass is 16.4. The lowest BCUT2D eigenvalue weighted by Gasteiger charge is -2.28. The minimum absolute atomic E-state index is 0.0904. The van der Waals surface area contributed by atoms with Crippen LogP contribution in [-0.4, -0.2) is 52.8 Å². The second-order valence-electron chi connectivity index (χ2n) is 8.98. The molecule has 0 spiro atoms. The van der Waals surface area contributed by atoms with Gasteiger partial charge in [0.1, 0.15) is 0 Å². The van der Waals surface area contributed by atoms with Crippen molar-refractivity contribution in [1.82, 2.24) is 9.80 Å². The Bertz CT molecular complexity index is 1210. The van der Waals surface area contributed by atoms with Gasteiger partial charge in [-0.15, -0.1) is 0 Å². The number of carboxylic acid groups (broad SMARTS) is 1. The predicted molar refractivity (Wildman–Crippen MR) is 126 cm³/mol. The number of carboxylic acids is 1. The van der Waals surface area contributed by atoms with Crippen LogP contribution >= 0.6 is 0 Å². The fraction of sp³-hybridized carbons (Fsp3) is 0.296. The van der Waals surface area contributed by atoms with Crippen LogP contribution in [0.3, 0.4) is 0 Å². The van der Waals surface area contributed by atoms with Gasteiger partial charge in [0.05, 0.1) is 12.1 Å². The Morgan fingerprint density at radius 1 is 0.939 bits per heavy atom. The molecule has 0 aromatic heterocycles. The molecule has 168 valence electrons. The fourth-order valence-corrected chi connectivity index (χ4v) is 5.05. The summed E-state index contributed by atoms with van der Waals surface area (Å²) in [6, 6.07) is 11.5. The van der Waals surface area contributed by atoms with Crippen LogP contribution in [0.1, 0.15) is 63.9 Å². The summed E-state index contributed by atoms with van der Waals surface area (Å²) in [4.78, 5) is 40.3. The molecule has 2 aromatic carbocycles. The van der Waals surface area contributed by atoms with E-state index in [0.717, 1.165) is 53.8 Å². The van der Waals surface area contributed by atoms with Gasteiger partial charge in [0.25, 0.3) is 0 Å². The second kappa shape index (κ2) is 8.45. The van der Waals surface area contributed by atoms with E-state index < -0.39 is 5.97 Å². The largest absolute Gasteiger partial charge is 0.478 e. The van der Waals surface area contributed by atoms with Crippen LogP contribution in [0.15, 0.2) is 42.0 Å². The number of rotatable bonds is 3. The van der Waals surface area contributed by atoms with Crippen LogP contribution < -0.4 is 0 Å². The zero-order valence-corrected chi connectivity index (χ0v) is 18.6. The highest BCUT2D eigenvalue weighted by Crippen LogP contribution is 2.40. The molecule has 2 fully saturated rings. The van der Waals surface area contributed by atoms with Crippen LogP contribution in [0.4, 0.5) is 0 Å². The molecule has 2 amide bonds. The molecule has 1 N–H and O–H groups in total. The first kappa shape index (κ1) is 21.3. The summed E-state index contributed by atoms with van der Waals surface area (Å²) >= 11 is 0. The van der Waals surface area contributed by atoms with E-state index in [2.05, 4.69) is 24.1 Å². The molecule has 2 aliphatic heterocycles. The number of carbonyl (C=O) groups is 3. The number of imide groups is 1. The van der Waals surface area contributed by atoms with Gasteiger partial charge in [0.15, 0.2) is 0 Å². The maximum Gasteiger partial charge on any atom is 0.335 e. The number of hydrogen-bond donors (Lipinski definition) is 1. The lowest BCUT2D eigenvalue weighted by Crippen LogP contribution is -2.29. The third kappa shape index (κ3) is 3.91. The Labute approximate surface area is 192 Å². The van der Waals surface area contributed by atoms with Crippen molar-refractivity contribution in [1.29, 1.82) is 0 Å². The molecule has 0 atom stereocenters. The van der Waals surface area contributed by atoms with Crippen LogP contribution in [0.5, 0.6) is 0 Å². The van der Waals surface area contributed by atoms with Crippen LogP contribution in [0, 0.1) is 0 Å². The Morgan fingerprint density at radius 3 is 2.33 bits per heavy atom. The number of amides is 2. The minimum Gasteiger partial charge on any atom is -0.478 e. The van der Waals surface area contributed by atoms with E-state index in [0.29, 0.717) is 5.56 Å². The summed E-state index contributed by atoms with van der Waals surface area (Å²) in [5, 5.41) is 9.88. The van der Waals surface area contributed by atoms with Crippen molar-refractivity contribution < 1.29 is 19.5 Å². The van der Waals surface area contributed by atoms with Gasteiger partial charge in [0, 0.05) is 25.9 Å². The summed E-state index contributed by atoms with van der Waals surface area (Å²) in [5.41, 5.74) is 7.16. The van der Waals surface area contributed by atoms with E-state index in [-0.39, 0.29) is 36.8 Å². The highest BCUT2D eigenvalue weighted by Gasteiger charge is 2.31. The number of aromatic carboxylic acids is 1. The smallest absolute Gasteiger partial charge is 0.335 e. The highest BCUT2D eigenvalue weighted by molar-refractivity contribution is 6.02. The molecule has 6 nitrogen and oxygen atoms in total. The molecule has 0 unspecified atom stereocenters. The summed E-state index contributed by atoms with van der Waals surface area (Å²) in [7, 11) is 2.11. The fourth-order valence-electron chi connectivity index (χ4n) is 5.05. The molecule has 2 saturated heterocycles. The van der Waals surface area contributed by atoms with Crippen molar-refractivity contribution in [3.05, 3.63) is 75.4 Å². The molecule has 0 bridgehead atoms. The van der Waals surface area contributed by atoms with E-state index >= 15 is 0 Å². The average molecular weight is 443 g/mol. The molecule has 6 heteroatoms. The maximum absolute atomic E-state index is 12.3. The normalized spacial score (nSPS) is 18.4. The van der Waals surface area contributed by atoms with E-state index in [4.69, 9.17) is 0 Å². The Hall–Kier alpha value is -3.51. The Morgan fingerprint density at radius 2 is 1.64 bits per heavy atom. The zero-order chi connectivity index (χ0) is 23.1. The van der Waals surface area contributed by atoms with Crippen LogP contribution in [-0.2, 0) is 16.1 Å². The van der Waals surface area contributed by atoms with Crippen LogP contribution in [0.25, 0.3) is 17.7 Å². The molecule has 1 aliphatic carbocycles. The number of hydrogen-bond acceptors (Lipinski definition) is 4. The van der Waals surface area contributed by atoms with E-state index in [1.165, 1.54) is 10.5 Å². The number of piperidine rings is 1. The predicted octanol–water partition coefficient (Wildman–Crippen LogP) is 4.05.